The third-order valence-corrected chi connectivity index (χ3v) is 4.89. The molecule has 1 amide bonds. The molecule has 1 unspecified atom stereocenters. The van der Waals surface area contributed by atoms with Crippen molar-refractivity contribution in [2.45, 2.75) is 23.7 Å². The van der Waals surface area contributed by atoms with E-state index in [0.29, 0.717) is 0 Å². The van der Waals surface area contributed by atoms with E-state index in [4.69, 9.17) is 4.74 Å². The fourth-order valence-electron chi connectivity index (χ4n) is 1.99. The second-order valence-corrected chi connectivity index (χ2v) is 7.41. The quantitative estimate of drug-likeness (QED) is 0.574. The number of alkyl halides is 2. The molecule has 0 heterocycles. The van der Waals surface area contributed by atoms with E-state index in [1.165, 1.54) is 6.92 Å². The van der Waals surface area contributed by atoms with Crippen LogP contribution < -0.4 is 5.32 Å². The van der Waals surface area contributed by atoms with Crippen LogP contribution in [0, 0.1) is 11.6 Å². The van der Waals surface area contributed by atoms with Gasteiger partial charge in [-0.05, 0) is 43.3 Å². The predicted octanol–water partition coefficient (Wildman–Crippen LogP) is 3.15. The van der Waals surface area contributed by atoms with Crippen molar-refractivity contribution < 1.29 is 40.3 Å². The number of carbonyl (C=O) groups excluding carboxylic acids is 2. The van der Waals surface area contributed by atoms with Gasteiger partial charge in [-0.25, -0.2) is 22.0 Å². The molecular weight excluding hydrogens is 406 g/mol. The molecule has 0 fully saturated rings. The maximum atomic E-state index is 13.5. The minimum atomic E-state index is -4.81. The number of hydrogen-bond acceptors (Lipinski definition) is 5. The van der Waals surface area contributed by atoms with E-state index < -0.39 is 55.8 Å². The monoisotopic (exact) mass is 419 g/mol. The van der Waals surface area contributed by atoms with Crippen LogP contribution in [0.5, 0.6) is 0 Å². The van der Waals surface area contributed by atoms with Crippen LogP contribution >= 0.6 is 0 Å². The second-order valence-electron chi connectivity index (χ2n) is 5.49. The molecule has 0 saturated carbocycles. The molecule has 150 valence electrons. The van der Waals surface area contributed by atoms with Gasteiger partial charge in [-0.15, -0.1) is 0 Å². The van der Waals surface area contributed by atoms with E-state index in [2.05, 4.69) is 5.32 Å². The van der Waals surface area contributed by atoms with Gasteiger partial charge in [0.1, 0.15) is 11.6 Å². The Labute approximate surface area is 157 Å². The number of nitrogens with one attached hydrogen (secondary N) is 1. The van der Waals surface area contributed by atoms with Crippen molar-refractivity contribution in [3.05, 3.63) is 59.7 Å². The number of rotatable bonds is 6. The van der Waals surface area contributed by atoms with Gasteiger partial charge < -0.3 is 10.1 Å². The number of esters is 1. The maximum absolute atomic E-state index is 13.5. The third-order valence-electron chi connectivity index (χ3n) is 3.49. The number of amides is 1. The van der Waals surface area contributed by atoms with Crippen molar-refractivity contribution in [3.8, 4) is 0 Å². The summed E-state index contributed by atoms with van der Waals surface area (Å²) in [6.45, 7) is 1.17. The molecule has 0 aromatic heterocycles. The molecule has 1 atom stereocenters. The minimum Gasteiger partial charge on any atom is -0.449 e. The van der Waals surface area contributed by atoms with E-state index in [1.54, 1.807) is 0 Å². The summed E-state index contributed by atoms with van der Waals surface area (Å²) in [5.74, 6) is -7.31. The normalized spacial score (nSPS) is 12.5. The van der Waals surface area contributed by atoms with Crippen LogP contribution in [0.4, 0.5) is 23.2 Å². The van der Waals surface area contributed by atoms with Crippen LogP contribution in [-0.4, -0.2) is 32.2 Å². The first-order valence-electron chi connectivity index (χ1n) is 7.61. The maximum Gasteiger partial charge on any atom is 0.341 e. The van der Waals surface area contributed by atoms with Gasteiger partial charge in [-0.1, -0.05) is 0 Å². The van der Waals surface area contributed by atoms with Crippen LogP contribution in [0.25, 0.3) is 0 Å². The Kier molecular flexibility index (Phi) is 6.39. The summed E-state index contributed by atoms with van der Waals surface area (Å²) >= 11 is 0. The molecule has 11 heteroatoms. The largest absolute Gasteiger partial charge is 0.449 e. The highest BCUT2D eigenvalue weighted by Gasteiger charge is 2.27. The van der Waals surface area contributed by atoms with Crippen molar-refractivity contribution >= 4 is 27.4 Å². The van der Waals surface area contributed by atoms with E-state index in [1.807, 2.05) is 0 Å². The Morgan fingerprint density at radius 3 is 2.21 bits per heavy atom. The zero-order chi connectivity index (χ0) is 21.1. The molecule has 0 saturated heterocycles. The Balaban J connectivity index is 2.05. The van der Waals surface area contributed by atoms with Gasteiger partial charge in [-0.3, -0.25) is 4.79 Å². The Hall–Kier alpha value is -2.95. The highest BCUT2D eigenvalue weighted by molar-refractivity contribution is 7.91. The number of benzene rings is 2. The van der Waals surface area contributed by atoms with Crippen molar-refractivity contribution in [2.75, 3.05) is 5.32 Å². The molecule has 0 spiro atoms. The van der Waals surface area contributed by atoms with Crippen LogP contribution in [0.15, 0.2) is 47.4 Å². The Morgan fingerprint density at radius 1 is 1.04 bits per heavy atom. The number of sulfone groups is 1. The average molecular weight is 419 g/mol. The van der Waals surface area contributed by atoms with Crippen molar-refractivity contribution in [3.63, 3.8) is 0 Å². The zero-order valence-corrected chi connectivity index (χ0v) is 15.0. The van der Waals surface area contributed by atoms with E-state index in [9.17, 15) is 35.6 Å². The summed E-state index contributed by atoms with van der Waals surface area (Å²) in [4.78, 5) is 23.3. The van der Waals surface area contributed by atoms with E-state index in [-0.39, 0.29) is 5.56 Å². The lowest BCUT2D eigenvalue weighted by atomic mass is 10.2. The summed E-state index contributed by atoms with van der Waals surface area (Å²) in [6, 6.07) is 5.87. The summed E-state index contributed by atoms with van der Waals surface area (Å²) in [5, 5.41) is 2.06. The van der Waals surface area contributed by atoms with Crippen molar-refractivity contribution in [1.29, 1.82) is 0 Å². The lowest BCUT2D eigenvalue weighted by molar-refractivity contribution is -0.123. The highest BCUT2D eigenvalue weighted by atomic mass is 32.2. The zero-order valence-electron chi connectivity index (χ0n) is 14.2. The minimum absolute atomic E-state index is 0.204. The number of carbonyl (C=O) groups is 2. The van der Waals surface area contributed by atoms with Gasteiger partial charge >= 0.3 is 11.7 Å². The molecule has 1 N–H and O–H groups in total. The summed E-state index contributed by atoms with van der Waals surface area (Å²) in [6.07, 6.45) is -1.42. The first-order valence-corrected chi connectivity index (χ1v) is 9.16. The first-order chi connectivity index (χ1) is 13.0. The first kappa shape index (κ1) is 21.4. The van der Waals surface area contributed by atoms with Gasteiger partial charge in [0, 0.05) is 6.07 Å². The average Bonchev–Trinajstić information content (AvgIpc) is 2.64. The van der Waals surface area contributed by atoms with Crippen molar-refractivity contribution in [2.24, 2.45) is 0 Å². The topological polar surface area (TPSA) is 89.5 Å². The number of ether oxygens (including phenoxy) is 1. The van der Waals surface area contributed by atoms with Crippen LogP contribution in [0.3, 0.4) is 0 Å². The number of anilines is 1. The lowest BCUT2D eigenvalue weighted by Gasteiger charge is -2.14. The standard InChI is InChI=1S/C17H13F4NO5S/c1-9(15(23)22-14-8-11(18)4-7-13(14)19)27-16(24)10-2-5-12(6-3-10)28(25,26)17(20)21/h2-9,17H,1H3,(H,22,23). The molecule has 2 aromatic rings. The number of hydrogen-bond donors (Lipinski definition) is 1. The van der Waals surface area contributed by atoms with Crippen molar-refractivity contribution in [1.82, 2.24) is 0 Å². The predicted molar refractivity (Wildman–Crippen MR) is 89.5 cm³/mol. The molecule has 0 aliphatic heterocycles. The van der Waals surface area contributed by atoms with Gasteiger partial charge in [0.15, 0.2) is 6.10 Å². The lowest BCUT2D eigenvalue weighted by Crippen LogP contribution is -2.30. The molecule has 0 aliphatic rings. The van der Waals surface area contributed by atoms with Gasteiger partial charge in [-0.2, -0.15) is 8.78 Å². The second kappa shape index (κ2) is 8.38. The summed E-state index contributed by atoms with van der Waals surface area (Å²) < 4.78 is 79.1. The highest BCUT2D eigenvalue weighted by Crippen LogP contribution is 2.19. The fraction of sp³-hybridized carbons (Fsp3) is 0.176. The molecule has 28 heavy (non-hydrogen) atoms. The summed E-state index contributed by atoms with van der Waals surface area (Å²) in [7, 11) is -4.81. The van der Waals surface area contributed by atoms with Gasteiger partial charge in [0.2, 0.25) is 9.84 Å². The summed E-state index contributed by atoms with van der Waals surface area (Å²) in [5.41, 5.74) is -0.653. The SMILES string of the molecule is CC(OC(=O)c1ccc(S(=O)(=O)C(F)F)cc1)C(=O)Nc1cc(F)ccc1F. The molecule has 0 radical (unpaired) electrons. The van der Waals surface area contributed by atoms with Crippen LogP contribution in [0.2, 0.25) is 0 Å². The number of halogens is 4. The third kappa shape index (κ3) is 4.85. The molecule has 2 rings (SSSR count). The molecule has 0 bridgehead atoms. The van der Waals surface area contributed by atoms with E-state index >= 15 is 0 Å². The molecular formula is C17H13F4NO5S. The van der Waals surface area contributed by atoms with Gasteiger partial charge in [0.25, 0.3) is 5.91 Å². The van der Waals surface area contributed by atoms with Gasteiger partial charge in [0.05, 0.1) is 16.1 Å². The van der Waals surface area contributed by atoms with E-state index in [0.717, 1.165) is 42.5 Å². The smallest absolute Gasteiger partial charge is 0.341 e. The molecule has 6 nitrogen and oxygen atoms in total. The molecule has 0 aliphatic carbocycles. The fourth-order valence-corrected chi connectivity index (χ4v) is 2.71. The molecule has 2 aromatic carbocycles. The Morgan fingerprint density at radius 2 is 1.64 bits per heavy atom. The van der Waals surface area contributed by atoms with Crippen LogP contribution in [-0.2, 0) is 19.4 Å². The van der Waals surface area contributed by atoms with Crippen LogP contribution in [0.1, 0.15) is 17.3 Å². The Bertz CT molecular complexity index is 993.